The molecule has 0 saturated carbocycles. The summed E-state index contributed by atoms with van der Waals surface area (Å²) in [5.41, 5.74) is 3.13. The summed E-state index contributed by atoms with van der Waals surface area (Å²) in [6.07, 6.45) is 0. The molecule has 122 valence electrons. The van der Waals surface area contributed by atoms with Gasteiger partial charge in [0.2, 0.25) is 0 Å². The van der Waals surface area contributed by atoms with Gasteiger partial charge in [-0.05, 0) is 36.8 Å². The second kappa shape index (κ2) is 6.00. The van der Waals surface area contributed by atoms with Gasteiger partial charge in [-0.1, -0.05) is 24.3 Å². The monoisotopic (exact) mass is 321 g/mol. The Morgan fingerprint density at radius 1 is 1.25 bits per heavy atom. The number of carbonyl (C=O) groups is 1. The smallest absolute Gasteiger partial charge is 0.260 e. The van der Waals surface area contributed by atoms with Crippen LogP contribution in [0.15, 0.2) is 48.5 Å². The summed E-state index contributed by atoms with van der Waals surface area (Å²) < 4.78 is 5.58. The molecule has 1 aliphatic rings. The van der Waals surface area contributed by atoms with Crippen molar-refractivity contribution >= 4 is 16.9 Å². The lowest BCUT2D eigenvalue weighted by Gasteiger charge is -2.38. The second-order valence-corrected chi connectivity index (χ2v) is 6.24. The fourth-order valence-corrected chi connectivity index (χ4v) is 2.96. The second-order valence-electron chi connectivity index (χ2n) is 6.24. The first kappa shape index (κ1) is 14.8. The Hall–Kier alpha value is -2.82. The maximum Gasteiger partial charge on any atom is 0.260 e. The van der Waals surface area contributed by atoms with Crippen LogP contribution in [0.3, 0.4) is 0 Å². The van der Waals surface area contributed by atoms with Crippen LogP contribution < -0.4 is 4.74 Å². The molecule has 5 nitrogen and oxygen atoms in total. The average Bonchev–Trinajstić information content (AvgIpc) is 2.95. The van der Waals surface area contributed by atoms with Crippen molar-refractivity contribution in [2.24, 2.45) is 0 Å². The predicted molar refractivity (Wildman–Crippen MR) is 92.1 cm³/mol. The van der Waals surface area contributed by atoms with E-state index < -0.39 is 0 Å². The van der Waals surface area contributed by atoms with Crippen LogP contribution in [0, 0.1) is 6.92 Å². The number of aromatic amines is 1. The van der Waals surface area contributed by atoms with Gasteiger partial charge >= 0.3 is 0 Å². The molecule has 1 aromatic heterocycles. The molecule has 2 aromatic carbocycles. The van der Waals surface area contributed by atoms with Gasteiger partial charge in [-0.25, -0.2) is 4.98 Å². The quantitative estimate of drug-likeness (QED) is 0.804. The first-order valence-corrected chi connectivity index (χ1v) is 8.11. The number of nitrogens with zero attached hydrogens (tertiary/aromatic N) is 2. The number of rotatable bonds is 4. The maximum atomic E-state index is 12.2. The first-order valence-electron chi connectivity index (χ1n) is 8.11. The average molecular weight is 321 g/mol. The molecule has 24 heavy (non-hydrogen) atoms. The van der Waals surface area contributed by atoms with Gasteiger partial charge in [0.15, 0.2) is 6.61 Å². The molecule has 0 unspecified atom stereocenters. The third kappa shape index (κ3) is 2.85. The number of amides is 1. The molecule has 2 heterocycles. The van der Waals surface area contributed by atoms with Crippen molar-refractivity contribution in [2.75, 3.05) is 19.7 Å². The lowest BCUT2D eigenvalue weighted by molar-refractivity contribution is -0.137. The van der Waals surface area contributed by atoms with E-state index in [1.807, 2.05) is 60.4 Å². The number of ether oxygens (including phenoxy) is 1. The van der Waals surface area contributed by atoms with E-state index in [-0.39, 0.29) is 18.4 Å². The maximum absolute atomic E-state index is 12.2. The largest absolute Gasteiger partial charge is 0.484 e. The van der Waals surface area contributed by atoms with Crippen molar-refractivity contribution < 1.29 is 9.53 Å². The van der Waals surface area contributed by atoms with Crippen molar-refractivity contribution in [3.8, 4) is 5.75 Å². The Balaban J connectivity index is 1.32. The van der Waals surface area contributed by atoms with E-state index in [2.05, 4.69) is 9.97 Å². The SMILES string of the molecule is Cc1cccc(OCC(=O)N2CC(c3nc4ccccc4[nH]3)C2)c1. The minimum atomic E-state index is 0.0175. The first-order chi connectivity index (χ1) is 11.7. The molecule has 0 aliphatic carbocycles. The van der Waals surface area contributed by atoms with Gasteiger partial charge in [-0.15, -0.1) is 0 Å². The van der Waals surface area contributed by atoms with Gasteiger partial charge < -0.3 is 14.6 Å². The van der Waals surface area contributed by atoms with E-state index in [4.69, 9.17) is 4.74 Å². The van der Waals surface area contributed by atoms with Gasteiger partial charge in [0, 0.05) is 13.1 Å². The number of aryl methyl sites for hydroxylation is 1. The summed E-state index contributed by atoms with van der Waals surface area (Å²) in [6.45, 7) is 3.46. The molecule has 1 aliphatic heterocycles. The van der Waals surface area contributed by atoms with Gasteiger partial charge in [0.05, 0.1) is 17.0 Å². The third-order valence-electron chi connectivity index (χ3n) is 4.38. The summed E-state index contributed by atoms with van der Waals surface area (Å²) >= 11 is 0. The summed E-state index contributed by atoms with van der Waals surface area (Å²) in [6, 6.07) is 15.7. The summed E-state index contributed by atoms with van der Waals surface area (Å²) in [5.74, 6) is 1.99. The Labute approximate surface area is 140 Å². The Bertz CT molecular complexity index is 848. The molecular formula is C19H19N3O2. The highest BCUT2D eigenvalue weighted by molar-refractivity contribution is 5.79. The van der Waals surface area contributed by atoms with E-state index in [0.29, 0.717) is 13.1 Å². The normalized spacial score (nSPS) is 14.6. The molecule has 1 N–H and O–H groups in total. The number of imidazole rings is 1. The Morgan fingerprint density at radius 3 is 2.88 bits per heavy atom. The van der Waals surface area contributed by atoms with E-state index in [9.17, 15) is 4.79 Å². The molecule has 0 radical (unpaired) electrons. The van der Waals surface area contributed by atoms with Crippen LogP contribution in [-0.4, -0.2) is 40.5 Å². The molecule has 1 fully saturated rings. The van der Waals surface area contributed by atoms with Crippen LogP contribution in [0.4, 0.5) is 0 Å². The van der Waals surface area contributed by atoms with Crippen LogP contribution in [0.2, 0.25) is 0 Å². The molecule has 1 amide bonds. The van der Waals surface area contributed by atoms with Crippen molar-refractivity contribution in [1.82, 2.24) is 14.9 Å². The summed E-state index contributed by atoms with van der Waals surface area (Å²) in [5, 5.41) is 0. The lowest BCUT2D eigenvalue weighted by Crippen LogP contribution is -2.50. The molecule has 0 atom stereocenters. The standard InChI is InChI=1S/C19H19N3O2/c1-13-5-4-6-15(9-13)24-12-18(23)22-10-14(11-22)19-20-16-7-2-3-8-17(16)21-19/h2-9,14H,10-12H2,1H3,(H,20,21). The number of nitrogens with one attached hydrogen (secondary N) is 1. The highest BCUT2D eigenvalue weighted by Crippen LogP contribution is 2.26. The van der Waals surface area contributed by atoms with Crippen LogP contribution >= 0.6 is 0 Å². The van der Waals surface area contributed by atoms with Gasteiger partial charge in [-0.2, -0.15) is 0 Å². The van der Waals surface area contributed by atoms with Gasteiger partial charge in [0.1, 0.15) is 11.6 Å². The number of hydrogen-bond acceptors (Lipinski definition) is 3. The topological polar surface area (TPSA) is 58.2 Å². The van der Waals surface area contributed by atoms with Crippen LogP contribution in [-0.2, 0) is 4.79 Å². The highest BCUT2D eigenvalue weighted by Gasteiger charge is 2.33. The minimum absolute atomic E-state index is 0.0175. The number of aromatic nitrogens is 2. The van der Waals surface area contributed by atoms with E-state index in [1.54, 1.807) is 0 Å². The van der Waals surface area contributed by atoms with E-state index in [1.165, 1.54) is 0 Å². The van der Waals surface area contributed by atoms with E-state index >= 15 is 0 Å². The number of H-pyrrole nitrogens is 1. The zero-order valence-electron chi connectivity index (χ0n) is 13.5. The number of likely N-dealkylation sites (tertiary alicyclic amines) is 1. The molecule has 4 rings (SSSR count). The number of hydrogen-bond donors (Lipinski definition) is 1. The molecule has 0 bridgehead atoms. The number of benzene rings is 2. The third-order valence-corrected chi connectivity index (χ3v) is 4.38. The minimum Gasteiger partial charge on any atom is -0.484 e. The van der Waals surface area contributed by atoms with Gasteiger partial charge in [0.25, 0.3) is 5.91 Å². The summed E-state index contributed by atoms with van der Waals surface area (Å²) in [7, 11) is 0. The van der Waals surface area contributed by atoms with Crippen LogP contribution in [0.5, 0.6) is 5.75 Å². The van der Waals surface area contributed by atoms with Crippen molar-refractivity contribution in [3.05, 3.63) is 59.9 Å². The van der Waals surface area contributed by atoms with Crippen LogP contribution in [0.25, 0.3) is 11.0 Å². The van der Waals surface area contributed by atoms with Crippen LogP contribution in [0.1, 0.15) is 17.3 Å². The van der Waals surface area contributed by atoms with Crippen molar-refractivity contribution in [1.29, 1.82) is 0 Å². The number of fused-ring (bicyclic) bond motifs is 1. The lowest BCUT2D eigenvalue weighted by atomic mass is 9.99. The Morgan fingerprint density at radius 2 is 2.08 bits per heavy atom. The number of carbonyl (C=O) groups excluding carboxylic acids is 1. The van der Waals surface area contributed by atoms with E-state index in [0.717, 1.165) is 28.2 Å². The van der Waals surface area contributed by atoms with Crippen molar-refractivity contribution in [3.63, 3.8) is 0 Å². The Kier molecular flexibility index (Phi) is 3.69. The number of para-hydroxylation sites is 2. The predicted octanol–water partition coefficient (Wildman–Crippen LogP) is 2.88. The molecule has 3 aromatic rings. The molecule has 0 spiro atoms. The fourth-order valence-electron chi connectivity index (χ4n) is 2.96. The van der Waals surface area contributed by atoms with Gasteiger partial charge in [-0.3, -0.25) is 4.79 Å². The molecule has 5 heteroatoms. The highest BCUT2D eigenvalue weighted by atomic mass is 16.5. The zero-order chi connectivity index (χ0) is 16.5. The summed E-state index contributed by atoms with van der Waals surface area (Å²) in [4.78, 5) is 22.0. The fraction of sp³-hybridized carbons (Fsp3) is 0.263. The molecular weight excluding hydrogens is 302 g/mol. The molecule has 1 saturated heterocycles. The van der Waals surface area contributed by atoms with Crippen molar-refractivity contribution in [2.45, 2.75) is 12.8 Å². The zero-order valence-corrected chi connectivity index (χ0v) is 13.5.